The summed E-state index contributed by atoms with van der Waals surface area (Å²) >= 11 is 0. The monoisotopic (exact) mass is 326 g/mol. The van der Waals surface area contributed by atoms with Gasteiger partial charge in [-0.05, 0) is 31.0 Å². The lowest BCUT2D eigenvalue weighted by atomic mass is 10.0. The molecule has 6 heteroatoms. The van der Waals surface area contributed by atoms with Crippen molar-refractivity contribution in [3.63, 3.8) is 0 Å². The molecule has 24 heavy (non-hydrogen) atoms. The summed E-state index contributed by atoms with van der Waals surface area (Å²) < 4.78 is 11.8. The van der Waals surface area contributed by atoms with Gasteiger partial charge in [-0.2, -0.15) is 0 Å². The van der Waals surface area contributed by atoms with Gasteiger partial charge < -0.3 is 9.47 Å². The molecule has 126 valence electrons. The van der Waals surface area contributed by atoms with E-state index in [1.54, 1.807) is 18.5 Å². The number of aromatic nitrogens is 3. The van der Waals surface area contributed by atoms with Gasteiger partial charge in [0.05, 0.1) is 25.0 Å². The fraction of sp³-hybridized carbons (Fsp3) is 0.500. The maximum Gasteiger partial charge on any atom is 0.316 e. The van der Waals surface area contributed by atoms with Crippen molar-refractivity contribution in [2.45, 2.75) is 31.5 Å². The second-order valence-electron chi connectivity index (χ2n) is 6.37. The highest BCUT2D eigenvalue weighted by molar-refractivity contribution is 5.05. The summed E-state index contributed by atoms with van der Waals surface area (Å²) in [6.07, 6.45) is 7.74. The van der Waals surface area contributed by atoms with E-state index in [1.165, 1.54) is 0 Å². The van der Waals surface area contributed by atoms with Gasteiger partial charge >= 0.3 is 6.01 Å². The van der Waals surface area contributed by atoms with Crippen LogP contribution in [0.15, 0.2) is 42.9 Å². The second kappa shape index (κ2) is 7.23. The van der Waals surface area contributed by atoms with E-state index < -0.39 is 0 Å². The molecule has 0 N–H and O–H groups in total. The minimum absolute atomic E-state index is 0.228. The molecule has 2 aromatic heterocycles. The van der Waals surface area contributed by atoms with Crippen molar-refractivity contribution in [3.8, 4) is 6.01 Å². The number of hydrogen-bond donors (Lipinski definition) is 0. The van der Waals surface area contributed by atoms with E-state index >= 15 is 0 Å². The van der Waals surface area contributed by atoms with Crippen LogP contribution in [0, 0.1) is 5.92 Å². The van der Waals surface area contributed by atoms with Crippen molar-refractivity contribution < 1.29 is 9.47 Å². The van der Waals surface area contributed by atoms with Gasteiger partial charge in [0.1, 0.15) is 0 Å². The third-order valence-corrected chi connectivity index (χ3v) is 4.89. The van der Waals surface area contributed by atoms with Crippen molar-refractivity contribution in [1.29, 1.82) is 0 Å². The molecule has 2 aromatic rings. The molecule has 1 saturated carbocycles. The Bertz CT molecular complexity index is 640. The molecule has 6 nitrogen and oxygen atoms in total. The van der Waals surface area contributed by atoms with Crippen LogP contribution in [-0.2, 0) is 11.3 Å². The molecule has 0 spiro atoms. The lowest BCUT2D eigenvalue weighted by molar-refractivity contribution is -0.0822. The van der Waals surface area contributed by atoms with Gasteiger partial charge in [-0.25, -0.2) is 9.97 Å². The Balaban J connectivity index is 1.37. The van der Waals surface area contributed by atoms with E-state index in [9.17, 15) is 0 Å². The summed E-state index contributed by atoms with van der Waals surface area (Å²) in [6, 6.07) is 8.78. The van der Waals surface area contributed by atoms with E-state index in [1.807, 2.05) is 18.3 Å². The van der Waals surface area contributed by atoms with Crippen LogP contribution in [0.4, 0.5) is 0 Å². The molecule has 0 bridgehead atoms. The highest BCUT2D eigenvalue weighted by Crippen LogP contribution is 2.35. The minimum Gasteiger partial charge on any atom is -0.463 e. The van der Waals surface area contributed by atoms with E-state index in [2.05, 4.69) is 25.9 Å². The molecular weight excluding hydrogens is 304 g/mol. The standard InChI is InChI=1S/C18H22N4O2/c1-2-7-19-15(4-1)12-22-10-11-23-17-14(5-6-16(17)22)13-24-18-20-8-3-9-21-18/h1-4,7-9,14,16-17H,5-6,10-13H2/t14-,16+,17+/m0/s1. The Hall–Kier alpha value is -2.05. The van der Waals surface area contributed by atoms with Gasteiger partial charge in [-0.3, -0.25) is 9.88 Å². The van der Waals surface area contributed by atoms with Crippen LogP contribution in [0.5, 0.6) is 6.01 Å². The highest BCUT2D eigenvalue weighted by atomic mass is 16.5. The summed E-state index contributed by atoms with van der Waals surface area (Å²) in [5.74, 6) is 0.394. The van der Waals surface area contributed by atoms with Crippen molar-refractivity contribution in [2.24, 2.45) is 5.92 Å². The van der Waals surface area contributed by atoms with Crippen molar-refractivity contribution in [2.75, 3.05) is 19.8 Å². The first kappa shape index (κ1) is 15.5. The number of fused-ring (bicyclic) bond motifs is 1. The van der Waals surface area contributed by atoms with Gasteiger partial charge in [0.15, 0.2) is 0 Å². The zero-order valence-electron chi connectivity index (χ0n) is 13.6. The largest absolute Gasteiger partial charge is 0.463 e. The number of morpholine rings is 1. The van der Waals surface area contributed by atoms with Crippen molar-refractivity contribution in [1.82, 2.24) is 19.9 Å². The van der Waals surface area contributed by atoms with Crippen LogP contribution in [0.25, 0.3) is 0 Å². The summed E-state index contributed by atoms with van der Waals surface area (Å²) in [5, 5.41) is 0. The lowest BCUT2D eigenvalue weighted by Crippen LogP contribution is -2.50. The zero-order chi connectivity index (χ0) is 16.2. The smallest absolute Gasteiger partial charge is 0.316 e. The Morgan fingerprint density at radius 1 is 1.08 bits per heavy atom. The third-order valence-electron chi connectivity index (χ3n) is 4.89. The van der Waals surface area contributed by atoms with Crippen molar-refractivity contribution in [3.05, 3.63) is 48.5 Å². The van der Waals surface area contributed by atoms with Crippen LogP contribution in [0.1, 0.15) is 18.5 Å². The molecule has 2 fully saturated rings. The normalized spacial score (nSPS) is 26.9. The Morgan fingerprint density at radius 3 is 2.79 bits per heavy atom. The summed E-state index contributed by atoms with van der Waals surface area (Å²) in [7, 11) is 0. The van der Waals surface area contributed by atoms with Gasteiger partial charge in [0.25, 0.3) is 0 Å². The zero-order valence-corrected chi connectivity index (χ0v) is 13.6. The van der Waals surface area contributed by atoms with Gasteiger partial charge in [-0.1, -0.05) is 6.07 Å². The molecule has 0 unspecified atom stereocenters. The molecule has 0 aromatic carbocycles. The number of pyridine rings is 1. The number of ether oxygens (including phenoxy) is 2. The fourth-order valence-corrected chi connectivity index (χ4v) is 3.75. The molecule has 3 heterocycles. The number of rotatable bonds is 5. The van der Waals surface area contributed by atoms with E-state index in [0.29, 0.717) is 24.6 Å². The molecule has 4 rings (SSSR count). The molecular formula is C18H22N4O2. The van der Waals surface area contributed by atoms with Gasteiger partial charge in [-0.15, -0.1) is 0 Å². The molecule has 3 atom stereocenters. The van der Waals surface area contributed by atoms with Crippen LogP contribution in [0.3, 0.4) is 0 Å². The maximum absolute atomic E-state index is 6.09. The first-order valence-electron chi connectivity index (χ1n) is 8.55. The van der Waals surface area contributed by atoms with E-state index in [0.717, 1.165) is 38.2 Å². The molecule has 1 saturated heterocycles. The topological polar surface area (TPSA) is 60.4 Å². The van der Waals surface area contributed by atoms with E-state index in [-0.39, 0.29) is 6.10 Å². The summed E-state index contributed by atoms with van der Waals surface area (Å²) in [5.41, 5.74) is 1.12. The van der Waals surface area contributed by atoms with Crippen molar-refractivity contribution >= 4 is 0 Å². The number of hydrogen-bond acceptors (Lipinski definition) is 6. The van der Waals surface area contributed by atoms with Crippen LogP contribution >= 0.6 is 0 Å². The summed E-state index contributed by atoms with van der Waals surface area (Å²) in [4.78, 5) is 15.2. The van der Waals surface area contributed by atoms with Gasteiger partial charge in [0.2, 0.25) is 0 Å². The average Bonchev–Trinajstić information content (AvgIpc) is 3.06. The minimum atomic E-state index is 0.228. The van der Waals surface area contributed by atoms with Crippen LogP contribution in [-0.4, -0.2) is 51.8 Å². The fourth-order valence-electron chi connectivity index (χ4n) is 3.75. The second-order valence-corrected chi connectivity index (χ2v) is 6.37. The SMILES string of the molecule is c1ccc(CN2CCO[C@@H]3[C@H](COc4ncccn4)CC[C@H]32)nc1. The quantitative estimate of drug-likeness (QED) is 0.837. The van der Waals surface area contributed by atoms with Crippen LogP contribution in [0.2, 0.25) is 0 Å². The first-order chi connectivity index (χ1) is 11.9. The Labute approximate surface area is 141 Å². The molecule has 1 aliphatic carbocycles. The molecule has 1 aliphatic heterocycles. The maximum atomic E-state index is 6.09. The average molecular weight is 326 g/mol. The Morgan fingerprint density at radius 2 is 1.96 bits per heavy atom. The molecule has 0 amide bonds. The Kier molecular flexibility index (Phi) is 4.66. The highest BCUT2D eigenvalue weighted by Gasteiger charge is 2.43. The lowest BCUT2D eigenvalue weighted by Gasteiger charge is -2.39. The van der Waals surface area contributed by atoms with E-state index in [4.69, 9.17) is 9.47 Å². The van der Waals surface area contributed by atoms with Gasteiger partial charge in [0, 0.05) is 43.6 Å². The first-order valence-corrected chi connectivity index (χ1v) is 8.55. The van der Waals surface area contributed by atoms with Crippen LogP contribution < -0.4 is 4.74 Å². The predicted octanol–water partition coefficient (Wildman–Crippen LogP) is 1.93. The molecule has 0 radical (unpaired) electrons. The number of nitrogens with zero attached hydrogens (tertiary/aromatic N) is 4. The predicted molar refractivity (Wildman–Crippen MR) is 88.4 cm³/mol. The molecule has 2 aliphatic rings. The third kappa shape index (κ3) is 3.39. The summed E-state index contributed by atoms with van der Waals surface area (Å²) in [6.45, 7) is 3.24.